The number of nitrogens with one attached hydrogen (secondary N) is 2. The van der Waals surface area contributed by atoms with Gasteiger partial charge < -0.3 is 15.2 Å². The van der Waals surface area contributed by atoms with E-state index in [1.807, 2.05) is 6.92 Å². The number of nitrogens with zero attached hydrogens (tertiary/aromatic N) is 3. The quantitative estimate of drug-likeness (QED) is 0.294. The van der Waals surface area contributed by atoms with Crippen LogP contribution in [0.2, 0.25) is 0 Å². The van der Waals surface area contributed by atoms with Crippen LogP contribution in [0.1, 0.15) is 26.1 Å². The van der Waals surface area contributed by atoms with E-state index in [2.05, 4.69) is 27.4 Å². The van der Waals surface area contributed by atoms with Gasteiger partial charge in [0.1, 0.15) is 11.6 Å². The molecule has 0 spiro atoms. The molecule has 2 amide bonds. The van der Waals surface area contributed by atoms with Gasteiger partial charge in [-0.15, -0.1) is 16.8 Å². The average Bonchev–Trinajstić information content (AvgIpc) is 3.19. The largest absolute Gasteiger partial charge is 0.326 e. The van der Waals surface area contributed by atoms with Gasteiger partial charge in [-0.2, -0.15) is 0 Å². The molecule has 0 fully saturated rings. The summed E-state index contributed by atoms with van der Waals surface area (Å²) in [6.45, 7) is 7.35. The molecule has 11 heteroatoms. The number of allylic oxidation sites excluding steroid dienone is 1. The SMILES string of the molecule is C=CCn1c(CS(=O)(=O)c2ccccc2)nnc1SC(CC)C(=O)Nc1ccc(NC(C)=O)cc1. The molecule has 3 aromatic rings. The Morgan fingerprint density at radius 3 is 2.26 bits per heavy atom. The average molecular weight is 514 g/mol. The smallest absolute Gasteiger partial charge is 0.237 e. The van der Waals surface area contributed by atoms with Crippen molar-refractivity contribution in [1.82, 2.24) is 14.8 Å². The molecule has 0 saturated heterocycles. The number of carbonyl (C=O) groups excluding carboxylic acids is 2. The third-order valence-electron chi connectivity index (χ3n) is 4.91. The first-order valence-corrected chi connectivity index (χ1v) is 13.4. The van der Waals surface area contributed by atoms with Gasteiger partial charge in [0, 0.05) is 24.8 Å². The molecule has 0 saturated carbocycles. The Morgan fingerprint density at radius 2 is 1.69 bits per heavy atom. The van der Waals surface area contributed by atoms with E-state index in [0.29, 0.717) is 29.5 Å². The zero-order valence-corrected chi connectivity index (χ0v) is 21.1. The highest BCUT2D eigenvalue weighted by Gasteiger charge is 2.25. The van der Waals surface area contributed by atoms with Crippen molar-refractivity contribution in [2.24, 2.45) is 0 Å². The van der Waals surface area contributed by atoms with Crippen LogP contribution in [0.15, 0.2) is 77.3 Å². The Morgan fingerprint density at radius 1 is 1.06 bits per heavy atom. The van der Waals surface area contributed by atoms with Crippen molar-refractivity contribution in [3.63, 3.8) is 0 Å². The van der Waals surface area contributed by atoms with E-state index in [-0.39, 0.29) is 28.3 Å². The van der Waals surface area contributed by atoms with E-state index in [9.17, 15) is 18.0 Å². The third kappa shape index (κ3) is 7.03. The zero-order valence-electron chi connectivity index (χ0n) is 19.5. The number of rotatable bonds is 11. The number of anilines is 2. The summed E-state index contributed by atoms with van der Waals surface area (Å²) in [5.74, 6) is -0.442. The summed E-state index contributed by atoms with van der Waals surface area (Å²) in [6, 6.07) is 15.0. The van der Waals surface area contributed by atoms with Crippen molar-refractivity contribution in [2.75, 3.05) is 10.6 Å². The predicted octanol–water partition coefficient (Wildman–Crippen LogP) is 3.91. The second-order valence-corrected chi connectivity index (χ2v) is 10.8. The lowest BCUT2D eigenvalue weighted by atomic mass is 10.2. The Balaban J connectivity index is 1.75. The maximum Gasteiger partial charge on any atom is 0.237 e. The molecule has 1 heterocycles. The number of thioether (sulfide) groups is 1. The minimum Gasteiger partial charge on any atom is -0.326 e. The standard InChI is InChI=1S/C24H27N5O4S2/c1-4-15-29-22(16-35(32,33)20-9-7-6-8-10-20)27-28-24(29)34-21(5-2)23(31)26-19-13-11-18(12-14-19)25-17(3)30/h4,6-14,21H,1,5,15-16H2,2-3H3,(H,25,30)(H,26,31). The summed E-state index contributed by atoms with van der Waals surface area (Å²) >= 11 is 1.21. The van der Waals surface area contributed by atoms with E-state index in [1.54, 1.807) is 65.2 Å². The van der Waals surface area contributed by atoms with E-state index >= 15 is 0 Å². The number of carbonyl (C=O) groups is 2. The normalized spacial score (nSPS) is 12.1. The highest BCUT2D eigenvalue weighted by molar-refractivity contribution is 8.00. The third-order valence-corrected chi connectivity index (χ3v) is 7.88. The second kappa shape index (κ2) is 11.8. The van der Waals surface area contributed by atoms with Crippen LogP contribution >= 0.6 is 11.8 Å². The minimum absolute atomic E-state index is 0.177. The number of hydrogen-bond donors (Lipinski definition) is 2. The highest BCUT2D eigenvalue weighted by Crippen LogP contribution is 2.27. The van der Waals surface area contributed by atoms with Crippen molar-refractivity contribution in [3.8, 4) is 0 Å². The van der Waals surface area contributed by atoms with Crippen molar-refractivity contribution in [3.05, 3.63) is 73.1 Å². The van der Waals surface area contributed by atoms with Crippen molar-refractivity contribution >= 4 is 44.8 Å². The summed E-state index contributed by atoms with van der Waals surface area (Å²) in [4.78, 5) is 24.3. The molecule has 2 N–H and O–H groups in total. The molecule has 0 aliphatic heterocycles. The topological polar surface area (TPSA) is 123 Å². The number of benzene rings is 2. The second-order valence-electron chi connectivity index (χ2n) is 7.63. The lowest BCUT2D eigenvalue weighted by Crippen LogP contribution is -2.25. The van der Waals surface area contributed by atoms with Gasteiger partial charge in [0.25, 0.3) is 0 Å². The van der Waals surface area contributed by atoms with Gasteiger partial charge in [-0.3, -0.25) is 9.59 Å². The van der Waals surface area contributed by atoms with Gasteiger partial charge in [0.2, 0.25) is 11.8 Å². The van der Waals surface area contributed by atoms with Crippen LogP contribution in [0.3, 0.4) is 0 Å². The Hall–Kier alpha value is -3.44. The van der Waals surface area contributed by atoms with E-state index in [4.69, 9.17) is 0 Å². The fourth-order valence-electron chi connectivity index (χ4n) is 3.22. The van der Waals surface area contributed by atoms with Gasteiger partial charge in [0.05, 0.1) is 10.1 Å². The first-order valence-electron chi connectivity index (χ1n) is 10.9. The van der Waals surface area contributed by atoms with Crippen LogP contribution in [-0.4, -0.2) is 40.2 Å². The molecule has 0 radical (unpaired) electrons. The van der Waals surface area contributed by atoms with E-state index in [1.165, 1.54) is 18.7 Å². The molecule has 0 aliphatic carbocycles. The minimum atomic E-state index is -3.62. The molecule has 1 atom stereocenters. The highest BCUT2D eigenvalue weighted by atomic mass is 32.2. The summed E-state index contributed by atoms with van der Waals surface area (Å²) in [6.07, 6.45) is 2.14. The van der Waals surface area contributed by atoms with Gasteiger partial charge in [-0.25, -0.2) is 8.42 Å². The van der Waals surface area contributed by atoms with Crippen molar-refractivity contribution in [2.45, 2.75) is 47.9 Å². The lowest BCUT2D eigenvalue weighted by molar-refractivity contribution is -0.116. The number of aromatic nitrogens is 3. The molecule has 0 bridgehead atoms. The molecule has 2 aromatic carbocycles. The summed E-state index contributed by atoms with van der Waals surface area (Å²) < 4.78 is 27.3. The van der Waals surface area contributed by atoms with Crippen LogP contribution in [0.25, 0.3) is 0 Å². The fourth-order valence-corrected chi connectivity index (χ4v) is 5.49. The van der Waals surface area contributed by atoms with Crippen LogP contribution in [0.5, 0.6) is 0 Å². The molecule has 0 aliphatic rings. The summed E-state index contributed by atoms with van der Waals surface area (Å²) in [5, 5.41) is 13.8. The van der Waals surface area contributed by atoms with E-state index < -0.39 is 15.1 Å². The Bertz CT molecular complexity index is 1290. The summed E-state index contributed by atoms with van der Waals surface area (Å²) in [7, 11) is -3.62. The molecule has 1 unspecified atom stereocenters. The zero-order chi connectivity index (χ0) is 25.4. The molecule has 184 valence electrons. The molecular weight excluding hydrogens is 486 g/mol. The molecule has 1 aromatic heterocycles. The van der Waals surface area contributed by atoms with Crippen LogP contribution < -0.4 is 10.6 Å². The maximum atomic E-state index is 12.9. The Labute approximate surface area is 209 Å². The number of sulfone groups is 1. The Kier molecular flexibility index (Phi) is 8.83. The molecule has 3 rings (SSSR count). The first kappa shape index (κ1) is 26.2. The van der Waals surface area contributed by atoms with Crippen LogP contribution in [0, 0.1) is 0 Å². The van der Waals surface area contributed by atoms with Gasteiger partial charge in [-0.1, -0.05) is 43.0 Å². The van der Waals surface area contributed by atoms with Gasteiger partial charge in [0.15, 0.2) is 15.0 Å². The number of hydrogen-bond acceptors (Lipinski definition) is 7. The van der Waals surface area contributed by atoms with Gasteiger partial charge >= 0.3 is 0 Å². The number of amides is 2. The monoisotopic (exact) mass is 513 g/mol. The lowest BCUT2D eigenvalue weighted by Gasteiger charge is -2.15. The first-order chi connectivity index (χ1) is 16.7. The molecular formula is C24H27N5O4S2. The molecule has 9 nitrogen and oxygen atoms in total. The van der Waals surface area contributed by atoms with Crippen molar-refractivity contribution in [1.29, 1.82) is 0 Å². The maximum absolute atomic E-state index is 12.9. The fraction of sp³-hybridized carbons (Fsp3) is 0.250. The van der Waals surface area contributed by atoms with E-state index in [0.717, 1.165) is 0 Å². The predicted molar refractivity (Wildman–Crippen MR) is 137 cm³/mol. The summed E-state index contributed by atoms with van der Waals surface area (Å²) in [5.41, 5.74) is 1.22. The van der Waals surface area contributed by atoms with Crippen LogP contribution in [0.4, 0.5) is 11.4 Å². The van der Waals surface area contributed by atoms with Crippen LogP contribution in [-0.2, 0) is 31.7 Å². The van der Waals surface area contributed by atoms with Gasteiger partial charge in [-0.05, 0) is 42.8 Å². The van der Waals surface area contributed by atoms with Crippen molar-refractivity contribution < 1.29 is 18.0 Å². The molecule has 35 heavy (non-hydrogen) atoms.